The Balaban J connectivity index is 2.04. The van der Waals surface area contributed by atoms with Gasteiger partial charge in [0.1, 0.15) is 5.82 Å². The van der Waals surface area contributed by atoms with Crippen molar-refractivity contribution in [3.05, 3.63) is 83.7 Å². The van der Waals surface area contributed by atoms with Crippen molar-refractivity contribution in [1.29, 1.82) is 0 Å². The zero-order valence-corrected chi connectivity index (χ0v) is 19.6. The molecule has 0 saturated carbocycles. The number of methoxy groups -OCH3 is 1. The summed E-state index contributed by atoms with van der Waals surface area (Å²) in [6.07, 6.45) is 1.17. The number of aliphatic hydroxyl groups is 2. The lowest BCUT2D eigenvalue weighted by molar-refractivity contribution is -0.143. The molecule has 0 spiro atoms. The molecule has 0 aliphatic rings. The fraction of sp³-hybridized carbons (Fsp3) is 0.286. The topological polar surface area (TPSA) is 79.7 Å². The van der Waals surface area contributed by atoms with Crippen LogP contribution in [-0.4, -0.2) is 40.5 Å². The summed E-state index contributed by atoms with van der Waals surface area (Å²) in [6.45, 7) is 4.15. The number of hydrogen-bond donors (Lipinski definition) is 2. The number of halogens is 1. The van der Waals surface area contributed by atoms with Crippen LogP contribution >= 0.6 is 0 Å². The minimum absolute atomic E-state index is 0.00990. The van der Waals surface area contributed by atoms with E-state index >= 15 is 0 Å². The Morgan fingerprint density at radius 3 is 2.35 bits per heavy atom. The van der Waals surface area contributed by atoms with Crippen molar-refractivity contribution in [2.75, 3.05) is 7.11 Å². The second kappa shape index (κ2) is 11.7. The van der Waals surface area contributed by atoms with Crippen LogP contribution in [-0.2, 0) is 9.53 Å². The third-order valence-corrected chi connectivity index (χ3v) is 5.53. The number of esters is 1. The molecule has 0 radical (unpaired) electrons. The molecule has 6 heteroatoms. The van der Waals surface area contributed by atoms with Gasteiger partial charge in [-0.25, -0.2) is 9.37 Å². The second-order valence-electron chi connectivity index (χ2n) is 8.48. The van der Waals surface area contributed by atoms with E-state index in [-0.39, 0.29) is 24.6 Å². The van der Waals surface area contributed by atoms with Gasteiger partial charge in [0.15, 0.2) is 0 Å². The average molecular weight is 464 g/mol. The first kappa shape index (κ1) is 25.3. The van der Waals surface area contributed by atoms with E-state index in [1.54, 1.807) is 24.3 Å². The summed E-state index contributed by atoms with van der Waals surface area (Å²) in [5.74, 6) is -0.726. The molecule has 1 aromatic heterocycles. The fourth-order valence-corrected chi connectivity index (χ4v) is 3.74. The van der Waals surface area contributed by atoms with Gasteiger partial charge in [0, 0.05) is 23.1 Å². The Hall–Kier alpha value is -3.35. The van der Waals surface area contributed by atoms with Gasteiger partial charge < -0.3 is 14.9 Å². The number of benzene rings is 2. The molecule has 3 aromatic rings. The number of hydrogen-bond acceptors (Lipinski definition) is 5. The molecule has 3 rings (SSSR count). The monoisotopic (exact) mass is 463 g/mol. The third-order valence-electron chi connectivity index (χ3n) is 5.53. The molecule has 2 aromatic carbocycles. The van der Waals surface area contributed by atoms with E-state index in [4.69, 9.17) is 4.98 Å². The highest BCUT2D eigenvalue weighted by molar-refractivity contribution is 5.78. The zero-order valence-electron chi connectivity index (χ0n) is 19.6. The summed E-state index contributed by atoms with van der Waals surface area (Å²) in [6, 6.07) is 18.0. The first-order chi connectivity index (χ1) is 16.3. The minimum Gasteiger partial charge on any atom is -0.469 e. The lowest BCUT2D eigenvalue weighted by Crippen LogP contribution is -2.20. The van der Waals surface area contributed by atoms with Gasteiger partial charge in [-0.3, -0.25) is 4.79 Å². The van der Waals surface area contributed by atoms with Crippen molar-refractivity contribution < 1.29 is 24.1 Å². The number of ether oxygens (including phenoxy) is 1. The number of carbonyl (C=O) groups is 1. The zero-order chi connectivity index (χ0) is 24.7. The smallest absolute Gasteiger partial charge is 0.308 e. The largest absolute Gasteiger partial charge is 0.469 e. The Morgan fingerprint density at radius 1 is 1.06 bits per heavy atom. The Bertz CT molecular complexity index is 1130. The Kier molecular flexibility index (Phi) is 8.68. The number of nitrogens with zero attached hydrogens (tertiary/aromatic N) is 1. The number of rotatable bonds is 9. The maximum atomic E-state index is 13.6. The van der Waals surface area contributed by atoms with Crippen LogP contribution in [0.1, 0.15) is 43.7 Å². The molecule has 5 nitrogen and oxygen atoms in total. The molecule has 2 N–H and O–H groups in total. The van der Waals surface area contributed by atoms with E-state index in [0.717, 1.165) is 27.9 Å². The quantitative estimate of drug-likeness (QED) is 0.417. The van der Waals surface area contributed by atoms with Crippen molar-refractivity contribution in [3.63, 3.8) is 0 Å². The lowest BCUT2D eigenvalue weighted by Gasteiger charge is -2.18. The summed E-state index contributed by atoms with van der Waals surface area (Å²) < 4.78 is 18.2. The van der Waals surface area contributed by atoms with Gasteiger partial charge >= 0.3 is 5.97 Å². The van der Waals surface area contributed by atoms with Crippen LogP contribution < -0.4 is 0 Å². The number of aliphatic hydroxyl groups excluding tert-OH is 2. The Labute approximate surface area is 199 Å². The third kappa shape index (κ3) is 6.59. The minimum atomic E-state index is -1.02. The standard InChI is InChI=1S/C28H30FNO4/c1-18(2)25-17-26(19-7-5-4-6-8-19)30-28(20-9-11-21(29)12-10-20)24(25)14-13-22(31)15-23(32)16-27(33)34-3/h4-14,17-18,22-23,31-32H,15-16H2,1-3H3. The normalized spacial score (nSPS) is 13.3. The number of carbonyl (C=O) groups excluding carboxylic acids is 1. The molecule has 0 saturated heterocycles. The Morgan fingerprint density at radius 2 is 1.74 bits per heavy atom. The van der Waals surface area contributed by atoms with Crippen LogP contribution in [0.2, 0.25) is 0 Å². The predicted octanol–water partition coefficient (Wildman–Crippen LogP) is 5.37. The molecule has 1 heterocycles. The summed E-state index contributed by atoms with van der Waals surface area (Å²) in [5.41, 5.74) is 5.02. The van der Waals surface area contributed by atoms with Crippen molar-refractivity contribution >= 4 is 12.0 Å². The van der Waals surface area contributed by atoms with Gasteiger partial charge in [0.2, 0.25) is 0 Å². The van der Waals surface area contributed by atoms with E-state index in [1.807, 2.05) is 36.4 Å². The second-order valence-corrected chi connectivity index (χ2v) is 8.48. The van der Waals surface area contributed by atoms with E-state index in [1.165, 1.54) is 19.2 Å². The van der Waals surface area contributed by atoms with Gasteiger partial charge in [0.05, 0.1) is 37.1 Å². The van der Waals surface area contributed by atoms with Crippen LogP contribution in [0.4, 0.5) is 4.39 Å². The van der Waals surface area contributed by atoms with E-state index < -0.39 is 18.2 Å². The van der Waals surface area contributed by atoms with Crippen molar-refractivity contribution in [3.8, 4) is 22.5 Å². The highest BCUT2D eigenvalue weighted by Gasteiger charge is 2.18. The average Bonchev–Trinajstić information content (AvgIpc) is 2.83. The van der Waals surface area contributed by atoms with Crippen LogP contribution in [0, 0.1) is 5.82 Å². The molecular formula is C28H30FNO4. The highest BCUT2D eigenvalue weighted by Crippen LogP contribution is 2.34. The number of aromatic nitrogens is 1. The van der Waals surface area contributed by atoms with E-state index in [0.29, 0.717) is 5.69 Å². The predicted molar refractivity (Wildman–Crippen MR) is 131 cm³/mol. The van der Waals surface area contributed by atoms with Gasteiger partial charge in [-0.15, -0.1) is 0 Å². The van der Waals surface area contributed by atoms with Crippen LogP contribution in [0.5, 0.6) is 0 Å². The van der Waals surface area contributed by atoms with Gasteiger partial charge in [-0.2, -0.15) is 0 Å². The number of pyridine rings is 1. The summed E-state index contributed by atoms with van der Waals surface area (Å²) in [4.78, 5) is 16.3. The molecule has 0 bridgehead atoms. The summed E-state index contributed by atoms with van der Waals surface area (Å²) in [5, 5.41) is 20.5. The fourth-order valence-electron chi connectivity index (χ4n) is 3.74. The van der Waals surface area contributed by atoms with Crippen LogP contribution in [0.25, 0.3) is 28.6 Å². The summed E-state index contributed by atoms with van der Waals surface area (Å²) >= 11 is 0. The molecule has 34 heavy (non-hydrogen) atoms. The first-order valence-corrected chi connectivity index (χ1v) is 11.3. The molecule has 2 atom stereocenters. The molecule has 2 unspecified atom stereocenters. The van der Waals surface area contributed by atoms with Crippen molar-refractivity contribution in [2.45, 2.75) is 44.8 Å². The highest BCUT2D eigenvalue weighted by atomic mass is 19.1. The molecule has 0 aliphatic heterocycles. The first-order valence-electron chi connectivity index (χ1n) is 11.3. The maximum absolute atomic E-state index is 13.6. The van der Waals surface area contributed by atoms with Crippen molar-refractivity contribution in [2.24, 2.45) is 0 Å². The molecule has 0 amide bonds. The van der Waals surface area contributed by atoms with E-state index in [9.17, 15) is 19.4 Å². The molecular weight excluding hydrogens is 433 g/mol. The van der Waals surface area contributed by atoms with E-state index in [2.05, 4.69) is 18.6 Å². The molecule has 0 aliphatic carbocycles. The van der Waals surface area contributed by atoms with Crippen LogP contribution in [0.15, 0.2) is 66.7 Å². The lowest BCUT2D eigenvalue weighted by atomic mass is 9.91. The summed E-state index contributed by atoms with van der Waals surface area (Å²) in [7, 11) is 1.25. The maximum Gasteiger partial charge on any atom is 0.308 e. The van der Waals surface area contributed by atoms with Gasteiger partial charge in [0.25, 0.3) is 0 Å². The molecule has 178 valence electrons. The van der Waals surface area contributed by atoms with Crippen LogP contribution in [0.3, 0.4) is 0 Å². The molecule has 0 fully saturated rings. The van der Waals surface area contributed by atoms with Gasteiger partial charge in [-0.1, -0.05) is 56.3 Å². The van der Waals surface area contributed by atoms with Crippen molar-refractivity contribution in [1.82, 2.24) is 4.98 Å². The van der Waals surface area contributed by atoms with Gasteiger partial charge in [-0.05, 0) is 41.8 Å². The SMILES string of the molecule is COC(=O)CC(O)CC(O)C=Cc1c(C(C)C)cc(-c2ccccc2)nc1-c1ccc(F)cc1.